The Bertz CT molecular complexity index is 1250. The molecule has 0 atom stereocenters. The topological polar surface area (TPSA) is 114 Å². The Morgan fingerprint density at radius 2 is 1.86 bits per heavy atom. The van der Waals surface area contributed by atoms with Crippen LogP contribution in [0.4, 0.5) is 0 Å². The van der Waals surface area contributed by atoms with Gasteiger partial charge in [0.1, 0.15) is 11.3 Å². The van der Waals surface area contributed by atoms with Gasteiger partial charge in [0.25, 0.3) is 5.56 Å². The van der Waals surface area contributed by atoms with Crippen LogP contribution in [0.15, 0.2) is 40.2 Å². The number of hydrogen-bond donors (Lipinski definition) is 2. The average Bonchev–Trinajstić information content (AvgIpc) is 3.36. The lowest BCUT2D eigenvalue weighted by Gasteiger charge is -2.09. The van der Waals surface area contributed by atoms with Crippen LogP contribution in [-0.2, 0) is 19.5 Å². The van der Waals surface area contributed by atoms with E-state index in [9.17, 15) is 9.59 Å². The Labute approximate surface area is 166 Å². The van der Waals surface area contributed by atoms with Crippen molar-refractivity contribution in [2.24, 2.45) is 0 Å². The zero-order valence-electron chi connectivity index (χ0n) is 16.5. The first-order valence-corrected chi connectivity index (χ1v) is 9.79. The molecule has 29 heavy (non-hydrogen) atoms. The molecule has 0 aromatic carbocycles. The van der Waals surface area contributed by atoms with E-state index in [4.69, 9.17) is 0 Å². The number of aromatic nitrogens is 7. The zero-order valence-corrected chi connectivity index (χ0v) is 16.5. The number of fused-ring (bicyclic) bond motifs is 1. The number of imidazole rings is 1. The van der Waals surface area contributed by atoms with Crippen molar-refractivity contribution in [1.29, 1.82) is 0 Å². The number of aryl methyl sites for hydroxylation is 1. The highest BCUT2D eigenvalue weighted by Gasteiger charge is 2.19. The molecule has 9 heteroatoms. The minimum Gasteiger partial charge on any atom is -0.332 e. The van der Waals surface area contributed by atoms with Crippen molar-refractivity contribution in [1.82, 2.24) is 34.3 Å². The molecule has 0 aliphatic rings. The Hall–Kier alpha value is -3.49. The third-order valence-corrected chi connectivity index (χ3v) is 4.81. The molecule has 2 N–H and O–H groups in total. The van der Waals surface area contributed by atoms with Crippen molar-refractivity contribution >= 4 is 11.2 Å². The molecule has 0 amide bonds. The van der Waals surface area contributed by atoms with Crippen LogP contribution in [0.3, 0.4) is 0 Å². The smallest absolute Gasteiger partial charge is 0.332 e. The lowest BCUT2D eigenvalue weighted by Crippen LogP contribution is -2.40. The molecule has 4 heterocycles. The Balaban J connectivity index is 1.86. The van der Waals surface area contributed by atoms with E-state index in [1.54, 1.807) is 17.0 Å². The number of nitrogens with one attached hydrogen (secondary N) is 2. The summed E-state index contributed by atoms with van der Waals surface area (Å²) in [5, 5.41) is 7.14. The van der Waals surface area contributed by atoms with Crippen LogP contribution in [0.5, 0.6) is 0 Å². The van der Waals surface area contributed by atoms with Gasteiger partial charge < -0.3 is 4.98 Å². The third kappa shape index (κ3) is 3.39. The van der Waals surface area contributed by atoms with E-state index in [2.05, 4.69) is 25.1 Å². The molecule has 4 aromatic rings. The van der Waals surface area contributed by atoms with E-state index in [1.807, 2.05) is 32.0 Å². The van der Waals surface area contributed by atoms with Crippen molar-refractivity contribution < 1.29 is 0 Å². The monoisotopic (exact) mass is 393 g/mol. The highest BCUT2D eigenvalue weighted by molar-refractivity contribution is 5.76. The Morgan fingerprint density at radius 3 is 2.59 bits per heavy atom. The van der Waals surface area contributed by atoms with Gasteiger partial charge in [-0.05, 0) is 25.0 Å². The largest absolute Gasteiger partial charge is 0.332 e. The lowest BCUT2D eigenvalue weighted by atomic mass is 10.1. The van der Waals surface area contributed by atoms with Crippen molar-refractivity contribution in [3.05, 3.63) is 62.8 Å². The van der Waals surface area contributed by atoms with Gasteiger partial charge in [-0.15, -0.1) is 0 Å². The molecule has 0 aliphatic carbocycles. The summed E-state index contributed by atoms with van der Waals surface area (Å²) in [7, 11) is 0. The maximum atomic E-state index is 12.9. The number of H-pyrrole nitrogens is 2. The molecule has 4 aromatic heterocycles. The summed E-state index contributed by atoms with van der Waals surface area (Å²) in [5.41, 5.74) is 2.55. The maximum Gasteiger partial charge on any atom is 0.332 e. The summed E-state index contributed by atoms with van der Waals surface area (Å²) in [5.74, 6) is 0.510. The fourth-order valence-electron chi connectivity index (χ4n) is 3.48. The Morgan fingerprint density at radius 1 is 1.07 bits per heavy atom. The minimum atomic E-state index is -0.340. The van der Waals surface area contributed by atoms with Gasteiger partial charge in [0, 0.05) is 31.4 Å². The van der Waals surface area contributed by atoms with Crippen molar-refractivity contribution in [3.8, 4) is 11.4 Å². The van der Waals surface area contributed by atoms with Crippen LogP contribution in [0.2, 0.25) is 0 Å². The second kappa shape index (κ2) is 7.86. The molecule has 0 radical (unpaired) electrons. The Kier molecular flexibility index (Phi) is 5.11. The zero-order chi connectivity index (χ0) is 20.4. The maximum absolute atomic E-state index is 12.9. The summed E-state index contributed by atoms with van der Waals surface area (Å²) in [4.78, 5) is 37.8. The molecule has 0 spiro atoms. The molecular formula is C20H23N7O2. The predicted molar refractivity (Wildman–Crippen MR) is 110 cm³/mol. The predicted octanol–water partition coefficient (Wildman–Crippen LogP) is 2.08. The fraction of sp³-hybridized carbons (Fsp3) is 0.350. The van der Waals surface area contributed by atoms with Crippen molar-refractivity contribution in [2.45, 2.75) is 46.2 Å². The summed E-state index contributed by atoms with van der Waals surface area (Å²) in [6.45, 7) is 4.80. The summed E-state index contributed by atoms with van der Waals surface area (Å²) in [6.07, 6.45) is 5.42. The highest BCUT2D eigenvalue weighted by atomic mass is 16.2. The van der Waals surface area contributed by atoms with E-state index >= 15 is 0 Å². The molecule has 0 bridgehead atoms. The molecule has 9 nitrogen and oxygen atoms in total. The van der Waals surface area contributed by atoms with E-state index in [-0.39, 0.29) is 11.2 Å². The lowest BCUT2D eigenvalue weighted by molar-refractivity contribution is 0.555. The quantitative estimate of drug-likeness (QED) is 0.499. The van der Waals surface area contributed by atoms with Crippen LogP contribution >= 0.6 is 0 Å². The average molecular weight is 393 g/mol. The van der Waals surface area contributed by atoms with Crippen LogP contribution in [0, 0.1) is 0 Å². The van der Waals surface area contributed by atoms with Gasteiger partial charge in [0.2, 0.25) is 0 Å². The molecular weight excluding hydrogens is 370 g/mol. The number of hydrogen-bond acceptors (Lipinski definition) is 5. The number of aromatic amines is 2. The third-order valence-electron chi connectivity index (χ3n) is 4.81. The first-order chi connectivity index (χ1) is 14.1. The standard InChI is InChI=1S/C20H23N7O2/c1-3-9-26-18-16(19(28)27(10-4-2)20(26)29)23-17(24-18)14-12-22-25-15(14)11-13-7-5-6-8-21-13/h5-8,12H,3-4,9-11H2,1-2H3,(H,22,25)(H,23,24). The van der Waals surface area contributed by atoms with Gasteiger partial charge in [-0.2, -0.15) is 5.10 Å². The van der Waals surface area contributed by atoms with E-state index in [0.29, 0.717) is 42.9 Å². The molecule has 4 rings (SSSR count). The van der Waals surface area contributed by atoms with Gasteiger partial charge in [-0.3, -0.25) is 24.0 Å². The number of nitrogens with zero attached hydrogens (tertiary/aromatic N) is 5. The van der Waals surface area contributed by atoms with Crippen LogP contribution < -0.4 is 11.2 Å². The van der Waals surface area contributed by atoms with Crippen LogP contribution in [0.1, 0.15) is 38.1 Å². The summed E-state index contributed by atoms with van der Waals surface area (Å²) < 4.78 is 2.86. The first kappa shape index (κ1) is 18.9. The summed E-state index contributed by atoms with van der Waals surface area (Å²) >= 11 is 0. The SMILES string of the molecule is CCCn1c(=O)c2[nH]c(-c3cn[nH]c3Cc3ccccn3)nc2n(CCC)c1=O. The van der Waals surface area contributed by atoms with E-state index < -0.39 is 0 Å². The first-order valence-electron chi connectivity index (χ1n) is 9.79. The molecule has 0 saturated heterocycles. The van der Waals surface area contributed by atoms with Crippen molar-refractivity contribution in [2.75, 3.05) is 0 Å². The van der Waals surface area contributed by atoms with Crippen molar-refractivity contribution in [3.63, 3.8) is 0 Å². The highest BCUT2D eigenvalue weighted by Crippen LogP contribution is 2.22. The van der Waals surface area contributed by atoms with Gasteiger partial charge in [-0.1, -0.05) is 19.9 Å². The molecule has 0 unspecified atom stereocenters. The molecule has 0 aliphatic heterocycles. The summed E-state index contributed by atoms with van der Waals surface area (Å²) in [6, 6.07) is 5.73. The van der Waals surface area contributed by atoms with Gasteiger partial charge in [-0.25, -0.2) is 9.78 Å². The molecule has 0 saturated carbocycles. The molecule has 150 valence electrons. The van der Waals surface area contributed by atoms with Crippen LogP contribution in [0.25, 0.3) is 22.6 Å². The molecule has 0 fully saturated rings. The second-order valence-electron chi connectivity index (χ2n) is 6.94. The van der Waals surface area contributed by atoms with Gasteiger partial charge in [0.05, 0.1) is 17.5 Å². The van der Waals surface area contributed by atoms with E-state index in [0.717, 1.165) is 23.4 Å². The second-order valence-corrected chi connectivity index (χ2v) is 6.94. The number of rotatable bonds is 7. The van der Waals surface area contributed by atoms with Gasteiger partial charge in [0.15, 0.2) is 5.65 Å². The fourth-order valence-corrected chi connectivity index (χ4v) is 3.48. The minimum absolute atomic E-state index is 0.315. The van der Waals surface area contributed by atoms with Gasteiger partial charge >= 0.3 is 5.69 Å². The van der Waals surface area contributed by atoms with E-state index in [1.165, 1.54) is 4.57 Å². The number of pyridine rings is 1. The van der Waals surface area contributed by atoms with Crippen LogP contribution in [-0.4, -0.2) is 34.3 Å². The normalized spacial score (nSPS) is 11.4.